The number of nitrogens with two attached hydrogens (primary N) is 1. The Balaban J connectivity index is 1.84. The fourth-order valence-corrected chi connectivity index (χ4v) is 3.05. The van der Waals surface area contributed by atoms with Crippen LogP contribution in [-0.2, 0) is 4.74 Å². The van der Waals surface area contributed by atoms with E-state index in [-0.39, 0.29) is 0 Å². The van der Waals surface area contributed by atoms with Crippen molar-refractivity contribution in [1.82, 2.24) is 4.90 Å². The molecule has 16 heavy (non-hydrogen) atoms. The monoisotopic (exact) mass is 226 g/mol. The minimum absolute atomic E-state index is 0.354. The molecule has 2 aliphatic heterocycles. The van der Waals surface area contributed by atoms with Crippen molar-refractivity contribution in [2.45, 2.75) is 57.7 Å². The largest absolute Gasteiger partial charge is 0.378 e. The van der Waals surface area contributed by atoms with Gasteiger partial charge < -0.3 is 10.5 Å². The van der Waals surface area contributed by atoms with Gasteiger partial charge in [0.15, 0.2) is 0 Å². The number of rotatable bonds is 3. The van der Waals surface area contributed by atoms with Gasteiger partial charge in [0.2, 0.25) is 0 Å². The summed E-state index contributed by atoms with van der Waals surface area (Å²) in [6.07, 6.45) is 5.37. The quantitative estimate of drug-likeness (QED) is 0.794. The zero-order chi connectivity index (χ0) is 11.5. The van der Waals surface area contributed by atoms with Crippen molar-refractivity contribution in [2.24, 2.45) is 11.7 Å². The van der Waals surface area contributed by atoms with Crippen molar-refractivity contribution in [1.29, 1.82) is 0 Å². The van der Waals surface area contributed by atoms with Gasteiger partial charge in [0.1, 0.15) is 0 Å². The molecule has 2 fully saturated rings. The van der Waals surface area contributed by atoms with Crippen LogP contribution < -0.4 is 5.73 Å². The van der Waals surface area contributed by atoms with Gasteiger partial charge in [-0.3, -0.25) is 4.90 Å². The first-order valence-electron chi connectivity index (χ1n) is 6.82. The van der Waals surface area contributed by atoms with Crippen LogP contribution in [0.5, 0.6) is 0 Å². The Kier molecular flexibility index (Phi) is 4.22. The van der Waals surface area contributed by atoms with E-state index in [9.17, 15) is 0 Å². The summed E-state index contributed by atoms with van der Waals surface area (Å²) in [5.41, 5.74) is 5.99. The lowest BCUT2D eigenvalue weighted by Crippen LogP contribution is -2.42. The van der Waals surface area contributed by atoms with E-state index in [4.69, 9.17) is 10.5 Å². The highest BCUT2D eigenvalue weighted by Crippen LogP contribution is 2.27. The fourth-order valence-electron chi connectivity index (χ4n) is 3.05. The minimum atomic E-state index is 0.354. The Morgan fingerprint density at radius 1 is 1.44 bits per heavy atom. The van der Waals surface area contributed by atoms with Gasteiger partial charge in [-0.15, -0.1) is 0 Å². The molecular formula is C13H26N2O. The molecule has 4 unspecified atom stereocenters. The molecule has 0 saturated carbocycles. The Morgan fingerprint density at radius 3 is 2.88 bits per heavy atom. The standard InChI is InChI=1S/C13H26N2O/c1-3-13-8-12(5-7-16-13)15-6-4-11(9-15)10(2)14/h10-13H,3-9,14H2,1-2H3. The summed E-state index contributed by atoms with van der Waals surface area (Å²) in [4.78, 5) is 2.65. The van der Waals surface area contributed by atoms with Crippen LogP contribution in [0.4, 0.5) is 0 Å². The molecule has 3 heteroatoms. The summed E-state index contributed by atoms with van der Waals surface area (Å²) in [5.74, 6) is 0.711. The van der Waals surface area contributed by atoms with Crippen LogP contribution in [0.3, 0.4) is 0 Å². The van der Waals surface area contributed by atoms with Gasteiger partial charge in [-0.05, 0) is 45.1 Å². The molecule has 2 rings (SSSR count). The molecule has 4 atom stereocenters. The predicted octanol–water partition coefficient (Wildman–Crippen LogP) is 1.61. The van der Waals surface area contributed by atoms with Crippen molar-refractivity contribution in [3.8, 4) is 0 Å². The average molecular weight is 226 g/mol. The average Bonchev–Trinajstić information content (AvgIpc) is 2.78. The Morgan fingerprint density at radius 2 is 2.25 bits per heavy atom. The van der Waals surface area contributed by atoms with E-state index in [1.54, 1.807) is 0 Å². The smallest absolute Gasteiger partial charge is 0.0587 e. The molecule has 0 amide bonds. The molecule has 2 aliphatic rings. The van der Waals surface area contributed by atoms with E-state index in [0.717, 1.165) is 19.1 Å². The minimum Gasteiger partial charge on any atom is -0.378 e. The van der Waals surface area contributed by atoms with Gasteiger partial charge >= 0.3 is 0 Å². The van der Waals surface area contributed by atoms with Gasteiger partial charge in [0.05, 0.1) is 6.10 Å². The normalized spacial score (nSPS) is 38.8. The van der Waals surface area contributed by atoms with Gasteiger partial charge in [-0.1, -0.05) is 6.92 Å². The van der Waals surface area contributed by atoms with E-state index < -0.39 is 0 Å². The third-order valence-corrected chi connectivity index (χ3v) is 4.31. The van der Waals surface area contributed by atoms with Crippen LogP contribution in [0.2, 0.25) is 0 Å². The Bertz CT molecular complexity index is 220. The van der Waals surface area contributed by atoms with E-state index in [0.29, 0.717) is 18.1 Å². The highest BCUT2D eigenvalue weighted by Gasteiger charge is 2.32. The van der Waals surface area contributed by atoms with Crippen LogP contribution >= 0.6 is 0 Å². The SMILES string of the molecule is CCC1CC(N2CCC(C(C)N)C2)CCO1. The number of hydrogen-bond donors (Lipinski definition) is 1. The molecule has 0 bridgehead atoms. The molecular weight excluding hydrogens is 200 g/mol. The van der Waals surface area contributed by atoms with E-state index >= 15 is 0 Å². The van der Waals surface area contributed by atoms with Gasteiger partial charge in [-0.2, -0.15) is 0 Å². The van der Waals surface area contributed by atoms with Crippen molar-refractivity contribution in [3.63, 3.8) is 0 Å². The second-order valence-corrected chi connectivity index (χ2v) is 5.48. The summed E-state index contributed by atoms with van der Waals surface area (Å²) in [7, 11) is 0. The van der Waals surface area contributed by atoms with Gasteiger partial charge in [-0.25, -0.2) is 0 Å². The Hall–Kier alpha value is -0.120. The molecule has 2 N–H and O–H groups in total. The molecule has 94 valence electrons. The van der Waals surface area contributed by atoms with Crippen LogP contribution in [0.15, 0.2) is 0 Å². The van der Waals surface area contributed by atoms with Crippen molar-refractivity contribution in [3.05, 3.63) is 0 Å². The highest BCUT2D eigenvalue weighted by molar-refractivity contribution is 4.87. The number of hydrogen-bond acceptors (Lipinski definition) is 3. The van der Waals surface area contributed by atoms with Crippen molar-refractivity contribution >= 4 is 0 Å². The van der Waals surface area contributed by atoms with Crippen LogP contribution in [-0.4, -0.2) is 42.8 Å². The summed E-state index contributed by atoms with van der Waals surface area (Å²) < 4.78 is 5.74. The lowest BCUT2D eigenvalue weighted by atomic mass is 9.99. The van der Waals surface area contributed by atoms with E-state index in [2.05, 4.69) is 18.7 Å². The molecule has 3 nitrogen and oxygen atoms in total. The van der Waals surface area contributed by atoms with Gasteiger partial charge in [0.25, 0.3) is 0 Å². The fraction of sp³-hybridized carbons (Fsp3) is 1.00. The zero-order valence-electron chi connectivity index (χ0n) is 10.7. The predicted molar refractivity (Wildman–Crippen MR) is 66.4 cm³/mol. The zero-order valence-corrected chi connectivity index (χ0v) is 10.7. The highest BCUT2D eigenvalue weighted by atomic mass is 16.5. The maximum atomic E-state index is 5.99. The summed E-state index contributed by atoms with van der Waals surface area (Å²) in [6, 6.07) is 1.11. The van der Waals surface area contributed by atoms with Crippen LogP contribution in [0, 0.1) is 5.92 Å². The first kappa shape index (κ1) is 12.3. The maximum absolute atomic E-state index is 5.99. The first-order valence-corrected chi connectivity index (χ1v) is 6.82. The van der Waals surface area contributed by atoms with Crippen molar-refractivity contribution < 1.29 is 4.74 Å². The number of likely N-dealkylation sites (tertiary alicyclic amines) is 1. The third-order valence-electron chi connectivity index (χ3n) is 4.31. The molecule has 2 heterocycles. The molecule has 0 aromatic heterocycles. The second kappa shape index (κ2) is 5.48. The molecule has 0 aromatic carbocycles. The lowest BCUT2D eigenvalue weighted by molar-refractivity contribution is -0.0244. The van der Waals surface area contributed by atoms with Crippen LogP contribution in [0.1, 0.15) is 39.5 Å². The number of nitrogens with zero attached hydrogens (tertiary/aromatic N) is 1. The lowest BCUT2D eigenvalue weighted by Gasteiger charge is -2.35. The second-order valence-electron chi connectivity index (χ2n) is 5.48. The molecule has 0 aliphatic carbocycles. The third kappa shape index (κ3) is 2.76. The molecule has 2 saturated heterocycles. The van der Waals surface area contributed by atoms with E-state index in [1.165, 1.54) is 32.4 Å². The van der Waals surface area contributed by atoms with Crippen molar-refractivity contribution in [2.75, 3.05) is 19.7 Å². The summed E-state index contributed by atoms with van der Waals surface area (Å²) in [6.45, 7) is 7.77. The maximum Gasteiger partial charge on any atom is 0.0587 e. The van der Waals surface area contributed by atoms with Gasteiger partial charge in [0, 0.05) is 25.2 Å². The first-order chi connectivity index (χ1) is 7.70. The Labute approximate surface area is 99.3 Å². The molecule has 0 spiro atoms. The van der Waals surface area contributed by atoms with E-state index in [1.807, 2.05) is 0 Å². The topological polar surface area (TPSA) is 38.5 Å². The molecule has 0 radical (unpaired) electrons. The summed E-state index contributed by atoms with van der Waals surface area (Å²) in [5, 5.41) is 0. The number of ether oxygens (including phenoxy) is 1. The van der Waals surface area contributed by atoms with Crippen LogP contribution in [0.25, 0.3) is 0 Å². The molecule has 0 aromatic rings. The summed E-state index contributed by atoms with van der Waals surface area (Å²) >= 11 is 0.